The van der Waals surface area contributed by atoms with E-state index in [1.165, 1.54) is 4.90 Å². The number of rotatable bonds is 25. The van der Waals surface area contributed by atoms with Crippen LogP contribution in [0.15, 0.2) is 30.3 Å². The molecule has 65 heavy (non-hydrogen) atoms. The minimum absolute atomic E-state index is 0.0400. The van der Waals surface area contributed by atoms with Crippen molar-refractivity contribution in [3.63, 3.8) is 0 Å². The summed E-state index contributed by atoms with van der Waals surface area (Å²) in [6, 6.07) is 1.17. The van der Waals surface area contributed by atoms with Crippen LogP contribution >= 0.6 is 0 Å². The molecule has 358 valence electrons. The zero-order valence-corrected chi connectivity index (χ0v) is 37.3. The van der Waals surface area contributed by atoms with Crippen molar-refractivity contribution >= 4 is 65.0 Å². The molecule has 9 N–H and O–H groups in total. The highest BCUT2D eigenvalue weighted by molar-refractivity contribution is 6.38. The Balaban J connectivity index is 1.95. The van der Waals surface area contributed by atoms with Crippen LogP contribution in [-0.2, 0) is 52.7 Å². The molecule has 2 aliphatic rings. The molecule has 21 nitrogen and oxygen atoms in total. The summed E-state index contributed by atoms with van der Waals surface area (Å²) in [4.78, 5) is 143. The van der Waals surface area contributed by atoms with Gasteiger partial charge in [-0.2, -0.15) is 0 Å². The molecule has 1 unspecified atom stereocenters. The molecule has 2 fully saturated rings. The second-order valence-electron chi connectivity index (χ2n) is 16.9. The topological polar surface area (TPSA) is 324 Å². The number of benzene rings is 1. The Labute approximate surface area is 377 Å². The van der Waals surface area contributed by atoms with Crippen molar-refractivity contribution in [2.75, 3.05) is 13.1 Å². The van der Waals surface area contributed by atoms with E-state index in [1.807, 2.05) is 35.6 Å². The predicted molar refractivity (Wildman–Crippen MR) is 230 cm³/mol. The van der Waals surface area contributed by atoms with Crippen LogP contribution in [0.1, 0.15) is 116 Å². The van der Waals surface area contributed by atoms with E-state index in [-0.39, 0.29) is 31.7 Å². The van der Waals surface area contributed by atoms with Gasteiger partial charge in [-0.15, -0.1) is 0 Å². The van der Waals surface area contributed by atoms with Gasteiger partial charge in [-0.05, 0) is 55.9 Å². The number of carbonyl (C=O) groups is 11. The van der Waals surface area contributed by atoms with Crippen LogP contribution in [0.3, 0.4) is 0 Å². The van der Waals surface area contributed by atoms with E-state index in [0.717, 1.165) is 31.7 Å². The van der Waals surface area contributed by atoms with Crippen molar-refractivity contribution in [2.45, 2.75) is 147 Å². The van der Waals surface area contributed by atoms with Crippen LogP contribution in [0.5, 0.6) is 0 Å². The van der Waals surface area contributed by atoms with E-state index in [2.05, 4.69) is 26.6 Å². The van der Waals surface area contributed by atoms with Gasteiger partial charge < -0.3 is 52.1 Å². The van der Waals surface area contributed by atoms with Gasteiger partial charge in [0.15, 0.2) is 0 Å². The SMILES string of the molecule is CCCC(NC(=O)[C@@H]1C[C@H](c2ccccc2)CN1C(=O)[C@@H](NC(=O)[C@@H](NC(=O)[C@H](CCC(=O)O)NC(=O)[C@H](CCC(=O)O)NC(C)=O)C(C)C)C1CCCCC1)C(=O)C(=O)NCC(=O)O. The van der Waals surface area contributed by atoms with E-state index in [1.54, 1.807) is 20.8 Å². The first-order valence-corrected chi connectivity index (χ1v) is 22.0. The molecule has 0 aromatic heterocycles. The van der Waals surface area contributed by atoms with Crippen molar-refractivity contribution in [2.24, 2.45) is 11.8 Å². The average molecular weight is 914 g/mol. The normalized spacial score (nSPS) is 18.4. The maximum atomic E-state index is 15.0. The van der Waals surface area contributed by atoms with Crippen molar-refractivity contribution in [3.8, 4) is 0 Å². The molecule has 1 saturated heterocycles. The lowest BCUT2D eigenvalue weighted by atomic mass is 9.83. The van der Waals surface area contributed by atoms with Gasteiger partial charge in [-0.25, -0.2) is 0 Å². The number of hydrogen-bond donors (Lipinski definition) is 9. The average Bonchev–Trinajstić information content (AvgIpc) is 3.72. The molecule has 7 atom stereocenters. The molecular weight excluding hydrogens is 851 g/mol. The maximum Gasteiger partial charge on any atom is 0.322 e. The number of nitrogens with one attached hydrogen (secondary N) is 6. The van der Waals surface area contributed by atoms with Crippen molar-refractivity contribution in [1.82, 2.24) is 36.8 Å². The number of amides is 7. The highest BCUT2D eigenvalue weighted by atomic mass is 16.4. The van der Waals surface area contributed by atoms with E-state index in [9.17, 15) is 57.8 Å². The highest BCUT2D eigenvalue weighted by Gasteiger charge is 2.46. The monoisotopic (exact) mass is 913 g/mol. The van der Waals surface area contributed by atoms with Gasteiger partial charge in [-0.1, -0.05) is 76.8 Å². The summed E-state index contributed by atoms with van der Waals surface area (Å²) < 4.78 is 0. The number of carboxylic acids is 3. The lowest BCUT2D eigenvalue weighted by molar-refractivity contribution is -0.145. The second kappa shape index (κ2) is 25.8. The van der Waals surface area contributed by atoms with Crippen LogP contribution in [0.25, 0.3) is 0 Å². The van der Waals surface area contributed by atoms with Crippen LogP contribution < -0.4 is 31.9 Å². The van der Waals surface area contributed by atoms with Crippen molar-refractivity contribution < 1.29 is 68.1 Å². The highest BCUT2D eigenvalue weighted by Crippen LogP contribution is 2.35. The quantitative estimate of drug-likeness (QED) is 0.0599. The molecule has 1 aromatic rings. The summed E-state index contributed by atoms with van der Waals surface area (Å²) >= 11 is 0. The third-order valence-corrected chi connectivity index (χ3v) is 11.5. The van der Waals surface area contributed by atoms with E-state index in [4.69, 9.17) is 10.2 Å². The first-order chi connectivity index (χ1) is 30.7. The zero-order valence-electron chi connectivity index (χ0n) is 37.3. The Hall–Kier alpha value is -6.41. The van der Waals surface area contributed by atoms with Gasteiger partial charge in [-0.3, -0.25) is 52.7 Å². The minimum Gasteiger partial charge on any atom is -0.481 e. The van der Waals surface area contributed by atoms with Gasteiger partial charge in [0, 0.05) is 32.2 Å². The summed E-state index contributed by atoms with van der Waals surface area (Å²) in [5.74, 6) is -12.2. The number of carbonyl (C=O) groups excluding carboxylic acids is 8. The number of carboxylic acid groups (broad SMARTS) is 3. The molecule has 1 aromatic carbocycles. The standard InChI is InChI=1S/C44H63N7O14/c1-5-12-29(38(59)43(64)45-22-35(57)58)47-41(62)32-21-28(26-13-8-6-9-14-26)23-51(32)44(65)37(27-15-10-7-11-16-27)50-42(63)36(24(2)3)49-40(61)31(18-20-34(55)56)48-39(60)30(46-25(4)52)17-19-33(53)54/h6,8-9,13-14,24,27-32,36-37H,5,7,10-12,15-23H2,1-4H3,(H,45,64)(H,46,52)(H,47,62)(H,48,60)(H,49,61)(H,50,63)(H,53,54)(H,55,56)(H,57,58)/t28-,29?,30-,31-,32-,36-,37-/m0/s1. The number of aliphatic carboxylic acids is 3. The van der Waals surface area contributed by atoms with Gasteiger partial charge in [0.1, 0.15) is 36.8 Å². The Morgan fingerprint density at radius 1 is 0.692 bits per heavy atom. The van der Waals surface area contributed by atoms with E-state index >= 15 is 0 Å². The Morgan fingerprint density at radius 3 is 1.82 bits per heavy atom. The summed E-state index contributed by atoms with van der Waals surface area (Å²) in [7, 11) is 0. The lowest BCUT2D eigenvalue weighted by Gasteiger charge is -2.36. The maximum absolute atomic E-state index is 15.0. The van der Waals surface area contributed by atoms with Gasteiger partial charge in [0.25, 0.3) is 5.91 Å². The molecule has 0 spiro atoms. The third-order valence-electron chi connectivity index (χ3n) is 11.5. The van der Waals surface area contributed by atoms with E-state index < -0.39 is 139 Å². The Bertz CT molecular complexity index is 1900. The molecule has 1 heterocycles. The summed E-state index contributed by atoms with van der Waals surface area (Å²) in [5, 5.41) is 42.4. The van der Waals surface area contributed by atoms with Gasteiger partial charge in [0.05, 0.1) is 6.04 Å². The fourth-order valence-electron chi connectivity index (χ4n) is 8.17. The largest absolute Gasteiger partial charge is 0.481 e. The second-order valence-corrected chi connectivity index (χ2v) is 16.9. The van der Waals surface area contributed by atoms with E-state index in [0.29, 0.717) is 19.3 Å². The molecule has 3 rings (SSSR count). The molecule has 21 heteroatoms. The summed E-state index contributed by atoms with van der Waals surface area (Å²) in [6.07, 6.45) is 2.11. The molecular formula is C44H63N7O14. The minimum atomic E-state index is -1.55. The Kier molecular flexibility index (Phi) is 21.0. The molecule has 0 bridgehead atoms. The first kappa shape index (κ1) is 52.9. The Morgan fingerprint density at radius 2 is 1.28 bits per heavy atom. The van der Waals surface area contributed by atoms with Crippen LogP contribution in [-0.4, -0.2) is 135 Å². The number of hydrogen-bond acceptors (Lipinski definition) is 11. The summed E-state index contributed by atoms with van der Waals surface area (Å²) in [6.45, 7) is 5.31. The lowest BCUT2D eigenvalue weighted by Crippen LogP contribution is -2.61. The van der Waals surface area contributed by atoms with Crippen molar-refractivity contribution in [3.05, 3.63) is 35.9 Å². The first-order valence-electron chi connectivity index (χ1n) is 22.0. The molecule has 1 aliphatic heterocycles. The number of ketones is 1. The molecule has 0 radical (unpaired) electrons. The number of likely N-dealkylation sites (tertiary alicyclic amines) is 1. The molecule has 1 aliphatic carbocycles. The smallest absolute Gasteiger partial charge is 0.322 e. The fraction of sp³-hybridized carbons (Fsp3) is 0.614. The van der Waals surface area contributed by atoms with Crippen LogP contribution in [0.4, 0.5) is 0 Å². The van der Waals surface area contributed by atoms with Crippen LogP contribution in [0, 0.1) is 11.8 Å². The molecule has 1 saturated carbocycles. The van der Waals surface area contributed by atoms with Gasteiger partial charge in [0.2, 0.25) is 41.2 Å². The number of Topliss-reactive ketones (excluding diaryl/α,β-unsaturated/α-hetero) is 1. The fourth-order valence-corrected chi connectivity index (χ4v) is 8.17. The van der Waals surface area contributed by atoms with Crippen LogP contribution in [0.2, 0.25) is 0 Å². The van der Waals surface area contributed by atoms with Crippen molar-refractivity contribution in [1.29, 1.82) is 0 Å². The third kappa shape index (κ3) is 16.6. The number of nitrogens with zero attached hydrogens (tertiary/aromatic N) is 1. The van der Waals surface area contributed by atoms with Gasteiger partial charge >= 0.3 is 17.9 Å². The zero-order chi connectivity index (χ0) is 48.4. The predicted octanol–water partition coefficient (Wildman–Crippen LogP) is 0.351. The molecule has 7 amide bonds. The summed E-state index contributed by atoms with van der Waals surface area (Å²) in [5.41, 5.74) is 0.825.